The van der Waals surface area contributed by atoms with Crippen molar-refractivity contribution in [2.45, 2.75) is 0 Å². The van der Waals surface area contributed by atoms with Crippen LogP contribution in [0.2, 0.25) is 0 Å². The van der Waals surface area contributed by atoms with Crippen molar-refractivity contribution in [2.24, 2.45) is 0 Å². The van der Waals surface area contributed by atoms with E-state index in [0.29, 0.717) is 17.6 Å². The molecule has 6 nitrogen and oxygen atoms in total. The first-order chi connectivity index (χ1) is 32.2. The smallest absolute Gasteiger partial charge is 0.238 e. The zero-order chi connectivity index (χ0) is 43.2. The van der Waals surface area contributed by atoms with Gasteiger partial charge in [-0.1, -0.05) is 206 Å². The van der Waals surface area contributed by atoms with Gasteiger partial charge in [0.25, 0.3) is 0 Å². The molecule has 9 aromatic carbocycles. The fourth-order valence-electron chi connectivity index (χ4n) is 9.65. The van der Waals surface area contributed by atoms with E-state index in [-0.39, 0.29) is 0 Å². The fraction of sp³-hybridized carbons (Fsp3) is 0. The number of nitrogens with zero attached hydrogens (tertiary/aromatic N) is 6. The summed E-state index contributed by atoms with van der Waals surface area (Å²) in [5.74, 6) is 2.65. The summed E-state index contributed by atoms with van der Waals surface area (Å²) in [6, 6.07) is 86.0. The van der Waals surface area contributed by atoms with Gasteiger partial charge in [-0.05, 0) is 57.1 Å². The van der Waals surface area contributed by atoms with Gasteiger partial charge in [-0.2, -0.15) is 9.97 Å². The third-order valence-corrected chi connectivity index (χ3v) is 17.3. The third kappa shape index (κ3) is 6.48. The maximum absolute atomic E-state index is 5.42. The number of fused-ring (bicyclic) bond motifs is 4. The van der Waals surface area contributed by atoms with Crippen LogP contribution in [0.5, 0.6) is 0 Å². The van der Waals surface area contributed by atoms with Crippen LogP contribution in [0.25, 0.3) is 78.6 Å². The molecule has 0 spiro atoms. The highest BCUT2D eigenvalue weighted by atomic mass is 28.3. The summed E-state index contributed by atoms with van der Waals surface area (Å²) < 4.78 is 4.46. The minimum absolute atomic E-state index is 0.550. The second-order valence-corrected chi connectivity index (χ2v) is 20.1. The second-order valence-electron chi connectivity index (χ2n) is 16.3. The molecule has 65 heavy (non-hydrogen) atoms. The molecule has 0 aliphatic carbocycles. The van der Waals surface area contributed by atoms with E-state index in [0.717, 1.165) is 61.0 Å². The highest BCUT2D eigenvalue weighted by Crippen LogP contribution is 2.36. The Morgan fingerprint density at radius 3 is 1.45 bits per heavy atom. The SMILES string of the molecule is c1ccc(-c2nc(-c3cccc([Si](c4ccccc4)(c4ccccc4)c4ccccc4)c3)nc(-n3c4ccccc4c4cc(-n5c(-c6ccccc6)nc6ccccc65)ccc43)n2)cc1. The van der Waals surface area contributed by atoms with Crippen LogP contribution in [0, 0.1) is 0 Å². The first kappa shape index (κ1) is 38.2. The van der Waals surface area contributed by atoms with Crippen LogP contribution in [0.15, 0.2) is 243 Å². The van der Waals surface area contributed by atoms with E-state index in [2.05, 4.69) is 221 Å². The normalized spacial score (nSPS) is 11.7. The molecule has 0 bridgehead atoms. The Kier molecular flexibility index (Phi) is 9.39. The van der Waals surface area contributed by atoms with Gasteiger partial charge in [0.2, 0.25) is 5.95 Å². The molecule has 0 saturated heterocycles. The average molecular weight is 849 g/mol. The Morgan fingerprint density at radius 2 is 0.800 bits per heavy atom. The van der Waals surface area contributed by atoms with Gasteiger partial charge >= 0.3 is 0 Å². The lowest BCUT2D eigenvalue weighted by atomic mass is 10.1. The number of imidazole rings is 1. The predicted molar refractivity (Wildman–Crippen MR) is 269 cm³/mol. The molecule has 7 heteroatoms. The minimum atomic E-state index is -2.84. The molecule has 0 fully saturated rings. The number of rotatable bonds is 9. The molecule has 0 aliphatic rings. The number of hydrogen-bond acceptors (Lipinski definition) is 4. The summed E-state index contributed by atoms with van der Waals surface area (Å²) in [6.45, 7) is 0. The molecule has 12 rings (SSSR count). The number of aromatic nitrogens is 6. The van der Waals surface area contributed by atoms with Crippen molar-refractivity contribution in [1.29, 1.82) is 0 Å². The van der Waals surface area contributed by atoms with Gasteiger partial charge in [0, 0.05) is 33.2 Å². The van der Waals surface area contributed by atoms with E-state index in [4.69, 9.17) is 19.9 Å². The molecule has 3 aromatic heterocycles. The molecule has 0 N–H and O–H groups in total. The average Bonchev–Trinajstić information content (AvgIpc) is 3.94. The van der Waals surface area contributed by atoms with Crippen molar-refractivity contribution < 1.29 is 0 Å². The van der Waals surface area contributed by atoms with E-state index in [9.17, 15) is 0 Å². The minimum Gasteiger partial charge on any atom is -0.292 e. The molecule has 0 saturated carbocycles. The molecule has 0 radical (unpaired) electrons. The highest BCUT2D eigenvalue weighted by Gasteiger charge is 2.41. The van der Waals surface area contributed by atoms with Gasteiger partial charge in [-0.25, -0.2) is 9.97 Å². The maximum atomic E-state index is 5.42. The van der Waals surface area contributed by atoms with E-state index in [1.54, 1.807) is 0 Å². The maximum Gasteiger partial charge on any atom is 0.238 e. The van der Waals surface area contributed by atoms with Crippen molar-refractivity contribution in [3.05, 3.63) is 243 Å². The Balaban J connectivity index is 1.08. The molecular weight excluding hydrogens is 809 g/mol. The molecular formula is C58H40N6Si. The first-order valence-electron chi connectivity index (χ1n) is 21.9. The van der Waals surface area contributed by atoms with Crippen LogP contribution in [0.1, 0.15) is 0 Å². The molecule has 306 valence electrons. The zero-order valence-corrected chi connectivity index (χ0v) is 36.3. The lowest BCUT2D eigenvalue weighted by Crippen LogP contribution is -2.74. The van der Waals surface area contributed by atoms with Gasteiger partial charge in [-0.3, -0.25) is 9.13 Å². The Morgan fingerprint density at radius 1 is 0.308 bits per heavy atom. The summed E-state index contributed by atoms with van der Waals surface area (Å²) in [5, 5.41) is 7.35. The standard InChI is InChI=1S/C58H40N6Si/c1-6-21-41(22-7-1)55-60-56(43-25-20-32-48(39-43)65(45-26-10-3-11-27-45,46-28-12-4-13-29-46)47-30-14-5-15-31-47)62-58(61-55)64-52-35-18-16-33-49(52)50-40-44(37-38-53(50)64)63-54-36-19-17-34-51(54)59-57(63)42-23-8-2-9-24-42/h1-40H. The van der Waals surface area contributed by atoms with Crippen LogP contribution in [-0.2, 0) is 0 Å². The highest BCUT2D eigenvalue weighted by molar-refractivity contribution is 7.19. The van der Waals surface area contributed by atoms with Crippen LogP contribution in [0.4, 0.5) is 0 Å². The Bertz CT molecular complexity index is 3550. The van der Waals surface area contributed by atoms with Crippen molar-refractivity contribution in [3.8, 4) is 45.8 Å². The van der Waals surface area contributed by atoms with E-state index < -0.39 is 8.07 Å². The van der Waals surface area contributed by atoms with Crippen LogP contribution < -0.4 is 20.7 Å². The number of benzene rings is 9. The summed E-state index contributed by atoms with van der Waals surface area (Å²) in [4.78, 5) is 21.1. The summed E-state index contributed by atoms with van der Waals surface area (Å²) >= 11 is 0. The van der Waals surface area contributed by atoms with Crippen LogP contribution >= 0.6 is 0 Å². The van der Waals surface area contributed by atoms with Gasteiger partial charge < -0.3 is 0 Å². The number of hydrogen-bond donors (Lipinski definition) is 0. The topological polar surface area (TPSA) is 61.4 Å². The first-order valence-corrected chi connectivity index (χ1v) is 23.9. The van der Waals surface area contributed by atoms with Crippen molar-refractivity contribution in [1.82, 2.24) is 29.1 Å². The fourth-order valence-corrected chi connectivity index (χ4v) is 14.4. The van der Waals surface area contributed by atoms with Crippen molar-refractivity contribution >= 4 is 61.7 Å². The summed E-state index contributed by atoms with van der Waals surface area (Å²) in [7, 11) is -2.84. The zero-order valence-electron chi connectivity index (χ0n) is 35.3. The molecule has 0 aliphatic heterocycles. The van der Waals surface area contributed by atoms with Gasteiger partial charge in [-0.15, -0.1) is 0 Å². The third-order valence-electron chi connectivity index (χ3n) is 12.5. The van der Waals surface area contributed by atoms with Gasteiger partial charge in [0.05, 0.1) is 22.1 Å². The van der Waals surface area contributed by atoms with Crippen molar-refractivity contribution in [2.75, 3.05) is 0 Å². The van der Waals surface area contributed by atoms with Gasteiger partial charge in [0.1, 0.15) is 5.82 Å². The van der Waals surface area contributed by atoms with Crippen LogP contribution in [0.3, 0.4) is 0 Å². The molecule has 3 heterocycles. The van der Waals surface area contributed by atoms with Crippen molar-refractivity contribution in [3.63, 3.8) is 0 Å². The van der Waals surface area contributed by atoms with E-state index >= 15 is 0 Å². The molecule has 0 unspecified atom stereocenters. The van der Waals surface area contributed by atoms with Gasteiger partial charge in [0.15, 0.2) is 19.7 Å². The lowest BCUT2D eigenvalue weighted by Gasteiger charge is -2.34. The summed E-state index contributed by atoms with van der Waals surface area (Å²) in [6.07, 6.45) is 0. The largest absolute Gasteiger partial charge is 0.292 e. The second kappa shape index (κ2) is 16.0. The molecule has 0 atom stereocenters. The quantitative estimate of drug-likeness (QED) is 0.107. The van der Waals surface area contributed by atoms with E-state index in [1.165, 1.54) is 20.7 Å². The Hall–Kier alpha value is -8.52. The molecule has 12 aromatic rings. The predicted octanol–water partition coefficient (Wildman–Crippen LogP) is 10.7. The monoisotopic (exact) mass is 848 g/mol. The van der Waals surface area contributed by atoms with E-state index in [1.807, 2.05) is 30.3 Å². The number of para-hydroxylation sites is 3. The Labute approximate surface area is 377 Å². The van der Waals surface area contributed by atoms with Crippen LogP contribution in [-0.4, -0.2) is 37.1 Å². The molecule has 0 amide bonds. The summed E-state index contributed by atoms with van der Waals surface area (Å²) in [5.41, 5.74) is 7.91. The lowest BCUT2D eigenvalue weighted by molar-refractivity contribution is 0.953.